The zero-order valence-corrected chi connectivity index (χ0v) is 16.1. The van der Waals surface area contributed by atoms with Crippen LogP contribution in [0.1, 0.15) is 12.8 Å². The normalized spacial score (nSPS) is 18.3. The molecule has 2 heterocycles. The van der Waals surface area contributed by atoms with Crippen LogP contribution < -0.4 is 14.2 Å². The number of methoxy groups -OCH3 is 1. The summed E-state index contributed by atoms with van der Waals surface area (Å²) in [5, 5.41) is 0. The minimum atomic E-state index is -5.01. The second kappa shape index (κ2) is 8.41. The van der Waals surface area contributed by atoms with Crippen LogP contribution >= 0.6 is 0 Å². The zero-order chi connectivity index (χ0) is 21.1. The number of piperidine rings is 1. The van der Waals surface area contributed by atoms with Crippen LogP contribution in [-0.4, -0.2) is 55.4 Å². The average Bonchev–Trinajstić information content (AvgIpc) is 2.68. The van der Waals surface area contributed by atoms with Crippen LogP contribution in [0.25, 0.3) is 0 Å². The lowest BCUT2D eigenvalue weighted by Crippen LogP contribution is -2.44. The molecule has 8 nitrogen and oxygen atoms in total. The van der Waals surface area contributed by atoms with Crippen molar-refractivity contribution >= 4 is 10.0 Å². The van der Waals surface area contributed by atoms with E-state index in [0.717, 1.165) is 16.4 Å². The average molecular weight is 433 g/mol. The molecule has 29 heavy (non-hydrogen) atoms. The van der Waals surface area contributed by atoms with Crippen molar-refractivity contribution in [2.75, 3.05) is 20.2 Å². The highest BCUT2D eigenvalue weighted by Crippen LogP contribution is 2.33. The van der Waals surface area contributed by atoms with Crippen molar-refractivity contribution in [1.82, 2.24) is 14.3 Å². The maximum absolute atomic E-state index is 13.0. The molecule has 0 spiro atoms. The summed E-state index contributed by atoms with van der Waals surface area (Å²) < 4.78 is 79.7. The summed E-state index contributed by atoms with van der Waals surface area (Å²) in [6.45, 7) is 0.0720. The zero-order valence-electron chi connectivity index (χ0n) is 15.3. The minimum absolute atomic E-state index is 0.0670. The summed E-state index contributed by atoms with van der Waals surface area (Å²) in [7, 11) is -2.85. The third kappa shape index (κ3) is 5.07. The Bertz CT molecular complexity index is 955. The Labute approximate surface area is 165 Å². The molecule has 0 amide bonds. The summed E-state index contributed by atoms with van der Waals surface area (Å²) in [5.41, 5.74) is 0. The molecule has 2 aromatic rings. The Balaban J connectivity index is 1.81. The number of sulfonamides is 1. The van der Waals surface area contributed by atoms with E-state index in [1.54, 1.807) is 0 Å². The van der Waals surface area contributed by atoms with Crippen LogP contribution in [0.2, 0.25) is 0 Å². The number of alkyl halides is 3. The molecular weight excluding hydrogens is 415 g/mol. The Morgan fingerprint density at radius 1 is 1.14 bits per heavy atom. The quantitative estimate of drug-likeness (QED) is 0.692. The summed E-state index contributed by atoms with van der Waals surface area (Å²) >= 11 is 0. The van der Waals surface area contributed by atoms with Gasteiger partial charge in [0, 0.05) is 18.9 Å². The third-order valence-corrected chi connectivity index (χ3v) is 6.04. The van der Waals surface area contributed by atoms with Gasteiger partial charge in [-0.3, -0.25) is 0 Å². The lowest BCUT2D eigenvalue weighted by atomic mass is 10.1. The number of halogens is 3. The van der Waals surface area contributed by atoms with Crippen LogP contribution in [0.4, 0.5) is 13.2 Å². The van der Waals surface area contributed by atoms with Crippen molar-refractivity contribution in [2.24, 2.45) is 0 Å². The van der Waals surface area contributed by atoms with Crippen molar-refractivity contribution < 1.29 is 35.8 Å². The van der Waals surface area contributed by atoms with Gasteiger partial charge < -0.3 is 14.2 Å². The van der Waals surface area contributed by atoms with Gasteiger partial charge in [0.2, 0.25) is 10.0 Å². The highest BCUT2D eigenvalue weighted by atomic mass is 32.2. The van der Waals surface area contributed by atoms with E-state index in [1.807, 2.05) is 0 Å². The van der Waals surface area contributed by atoms with Gasteiger partial charge in [0.15, 0.2) is 0 Å². The molecule has 12 heteroatoms. The molecule has 0 N–H and O–H groups in total. The number of benzene rings is 1. The van der Waals surface area contributed by atoms with Crippen molar-refractivity contribution in [2.45, 2.75) is 30.2 Å². The largest absolute Gasteiger partial charge is 0.573 e. The van der Waals surface area contributed by atoms with Gasteiger partial charge in [0.25, 0.3) is 11.8 Å². The van der Waals surface area contributed by atoms with Crippen molar-refractivity contribution in [3.63, 3.8) is 0 Å². The second-order valence-corrected chi connectivity index (χ2v) is 8.02. The SMILES string of the molecule is COc1nccnc1OC1CCCN(S(=O)(=O)c2ccccc2OC(F)(F)F)C1. The number of ether oxygens (including phenoxy) is 3. The molecular formula is C17H18F3N3O5S. The molecule has 0 radical (unpaired) electrons. The van der Waals surface area contributed by atoms with E-state index >= 15 is 0 Å². The highest BCUT2D eigenvalue weighted by molar-refractivity contribution is 7.89. The first-order chi connectivity index (χ1) is 13.7. The summed E-state index contributed by atoms with van der Waals surface area (Å²) in [5.74, 6) is -0.518. The van der Waals surface area contributed by atoms with Gasteiger partial charge in [-0.25, -0.2) is 18.4 Å². The molecule has 1 aliphatic heterocycles. The van der Waals surface area contributed by atoms with Gasteiger partial charge in [-0.15, -0.1) is 13.2 Å². The fraction of sp³-hybridized carbons (Fsp3) is 0.412. The molecule has 1 aromatic heterocycles. The predicted molar refractivity (Wildman–Crippen MR) is 94.1 cm³/mol. The molecule has 1 saturated heterocycles. The Morgan fingerprint density at radius 2 is 1.83 bits per heavy atom. The van der Waals surface area contributed by atoms with Gasteiger partial charge in [-0.2, -0.15) is 4.31 Å². The molecule has 1 atom stereocenters. The first-order valence-corrected chi connectivity index (χ1v) is 10.0. The number of nitrogens with zero attached hydrogens (tertiary/aromatic N) is 3. The molecule has 0 aliphatic carbocycles. The first kappa shape index (κ1) is 21.1. The van der Waals surface area contributed by atoms with Crippen LogP contribution in [0.5, 0.6) is 17.5 Å². The van der Waals surface area contributed by atoms with E-state index in [0.29, 0.717) is 12.8 Å². The van der Waals surface area contributed by atoms with E-state index in [2.05, 4.69) is 14.7 Å². The van der Waals surface area contributed by atoms with Gasteiger partial charge >= 0.3 is 6.36 Å². The first-order valence-electron chi connectivity index (χ1n) is 8.57. The molecule has 0 saturated carbocycles. The maximum atomic E-state index is 13.0. The third-order valence-electron chi connectivity index (χ3n) is 4.14. The molecule has 3 rings (SSSR count). The van der Waals surface area contributed by atoms with Crippen LogP contribution in [0, 0.1) is 0 Å². The van der Waals surface area contributed by atoms with Crippen molar-refractivity contribution in [3.05, 3.63) is 36.7 Å². The fourth-order valence-electron chi connectivity index (χ4n) is 2.92. The number of hydrogen-bond acceptors (Lipinski definition) is 7. The fourth-order valence-corrected chi connectivity index (χ4v) is 4.55. The molecule has 1 unspecified atom stereocenters. The summed E-state index contributed by atoms with van der Waals surface area (Å²) in [6.07, 6.45) is -1.77. The molecule has 1 fully saturated rings. The molecule has 1 aromatic carbocycles. The van der Waals surface area contributed by atoms with E-state index in [1.165, 1.54) is 31.6 Å². The van der Waals surface area contributed by atoms with E-state index < -0.39 is 33.1 Å². The van der Waals surface area contributed by atoms with Crippen molar-refractivity contribution in [3.8, 4) is 17.5 Å². The highest BCUT2D eigenvalue weighted by Gasteiger charge is 2.37. The van der Waals surface area contributed by atoms with Gasteiger partial charge in [0.05, 0.1) is 13.7 Å². The number of hydrogen-bond donors (Lipinski definition) is 0. The monoisotopic (exact) mass is 433 g/mol. The topological polar surface area (TPSA) is 90.9 Å². The predicted octanol–water partition coefficient (Wildman–Crippen LogP) is 2.62. The Kier molecular flexibility index (Phi) is 6.13. The number of aromatic nitrogens is 2. The van der Waals surface area contributed by atoms with Gasteiger partial charge in [-0.05, 0) is 25.0 Å². The Hall–Kier alpha value is -2.60. The lowest BCUT2D eigenvalue weighted by Gasteiger charge is -2.32. The van der Waals surface area contributed by atoms with E-state index in [9.17, 15) is 21.6 Å². The Morgan fingerprint density at radius 3 is 2.52 bits per heavy atom. The molecule has 1 aliphatic rings. The number of rotatable bonds is 6. The van der Waals surface area contributed by atoms with Gasteiger partial charge in [0.1, 0.15) is 16.7 Å². The van der Waals surface area contributed by atoms with Crippen molar-refractivity contribution in [1.29, 1.82) is 0 Å². The van der Waals surface area contributed by atoms with Gasteiger partial charge in [-0.1, -0.05) is 12.1 Å². The number of para-hydroxylation sites is 1. The maximum Gasteiger partial charge on any atom is 0.573 e. The standard InChI is InChI=1S/C17H18F3N3O5S/c1-26-15-16(22-9-8-21-15)27-12-5-4-10-23(11-12)29(24,25)14-7-3-2-6-13(14)28-17(18,19)20/h2-3,6-9,12H,4-5,10-11H2,1H3. The van der Waals surface area contributed by atoms with E-state index in [-0.39, 0.29) is 24.8 Å². The second-order valence-electron chi connectivity index (χ2n) is 6.11. The lowest BCUT2D eigenvalue weighted by molar-refractivity contribution is -0.275. The van der Waals surface area contributed by atoms with Crippen LogP contribution in [-0.2, 0) is 10.0 Å². The smallest absolute Gasteiger partial charge is 0.477 e. The summed E-state index contributed by atoms with van der Waals surface area (Å²) in [4.78, 5) is 7.42. The summed E-state index contributed by atoms with van der Waals surface area (Å²) in [6, 6.07) is 4.64. The molecule has 0 bridgehead atoms. The van der Waals surface area contributed by atoms with Crippen LogP contribution in [0.15, 0.2) is 41.6 Å². The minimum Gasteiger partial charge on any atom is -0.477 e. The molecule has 158 valence electrons. The van der Waals surface area contributed by atoms with Crippen LogP contribution in [0.3, 0.4) is 0 Å². The van der Waals surface area contributed by atoms with E-state index in [4.69, 9.17) is 9.47 Å².